The molecule has 3 aliphatic heterocycles. The molecule has 1 aromatic heterocycles. The number of benzene rings is 2. The van der Waals surface area contributed by atoms with E-state index in [0.29, 0.717) is 17.6 Å². The second kappa shape index (κ2) is 12.0. The standard InChI is InChI=1S/C30H33N7O3/c31-12-14-32-29(38)22-3-1-21(2-4-22)26-9-13-33-30(35-26)34-23-5-7-24(8-6-23)36-15-10-25(11-16-36)37-19-27-28(20-37)40-18-17-39-27/h1-9,13,25,27-28H,10-11,14-20H2,(H,32,38)(H,33,34,35). The molecule has 40 heavy (non-hydrogen) atoms. The van der Waals surface area contributed by atoms with Crippen molar-refractivity contribution in [1.29, 1.82) is 5.26 Å². The van der Waals surface area contributed by atoms with Gasteiger partial charge in [-0.2, -0.15) is 5.26 Å². The van der Waals surface area contributed by atoms with E-state index < -0.39 is 0 Å². The van der Waals surface area contributed by atoms with Crippen molar-refractivity contribution < 1.29 is 14.3 Å². The maximum Gasteiger partial charge on any atom is 0.252 e. The topological polar surface area (TPSA) is 116 Å². The summed E-state index contributed by atoms with van der Waals surface area (Å²) in [4.78, 5) is 26.1. The van der Waals surface area contributed by atoms with E-state index in [1.807, 2.05) is 24.3 Å². The molecular formula is C30H33N7O3. The number of hydrogen-bond acceptors (Lipinski definition) is 9. The number of carbonyl (C=O) groups is 1. The van der Waals surface area contributed by atoms with Crippen molar-refractivity contribution in [3.8, 4) is 17.3 Å². The minimum Gasteiger partial charge on any atom is -0.372 e. The number of carbonyl (C=O) groups excluding carboxylic acids is 1. The molecular weight excluding hydrogens is 506 g/mol. The van der Waals surface area contributed by atoms with Crippen LogP contribution < -0.4 is 15.5 Å². The highest BCUT2D eigenvalue weighted by Crippen LogP contribution is 2.29. The van der Waals surface area contributed by atoms with Gasteiger partial charge in [-0.25, -0.2) is 9.97 Å². The van der Waals surface area contributed by atoms with Crippen LogP contribution in [-0.4, -0.2) is 85.0 Å². The van der Waals surface area contributed by atoms with Crippen LogP contribution >= 0.6 is 0 Å². The second-order valence-electron chi connectivity index (χ2n) is 10.3. The number of nitrogens with one attached hydrogen (secondary N) is 2. The molecule has 0 radical (unpaired) electrons. The summed E-state index contributed by atoms with van der Waals surface area (Å²) in [6.45, 7) is 5.47. The molecule has 4 heterocycles. The van der Waals surface area contributed by atoms with Crippen LogP contribution in [0.4, 0.5) is 17.3 Å². The number of amides is 1. The van der Waals surface area contributed by atoms with Crippen LogP contribution in [0.1, 0.15) is 23.2 Å². The summed E-state index contributed by atoms with van der Waals surface area (Å²) in [5, 5.41) is 14.5. The largest absolute Gasteiger partial charge is 0.372 e. The van der Waals surface area contributed by atoms with Crippen molar-refractivity contribution in [2.24, 2.45) is 0 Å². The fraction of sp³-hybridized carbons (Fsp3) is 0.400. The maximum atomic E-state index is 12.0. The molecule has 206 valence electrons. The van der Waals surface area contributed by atoms with Crippen molar-refractivity contribution in [3.63, 3.8) is 0 Å². The molecule has 2 N–H and O–H groups in total. The number of fused-ring (bicyclic) bond motifs is 1. The minimum absolute atomic E-state index is 0.0210. The molecule has 10 nitrogen and oxygen atoms in total. The van der Waals surface area contributed by atoms with Gasteiger partial charge in [0.1, 0.15) is 6.54 Å². The molecule has 10 heteroatoms. The number of likely N-dealkylation sites (tertiary alicyclic amines) is 1. The van der Waals surface area contributed by atoms with Crippen LogP contribution in [0, 0.1) is 11.3 Å². The van der Waals surface area contributed by atoms with Crippen LogP contribution in [0.15, 0.2) is 60.8 Å². The Hall–Kier alpha value is -4.04. The minimum atomic E-state index is -0.278. The molecule has 2 unspecified atom stereocenters. The zero-order valence-corrected chi connectivity index (χ0v) is 22.3. The number of piperidine rings is 1. The average Bonchev–Trinajstić information content (AvgIpc) is 3.45. The van der Waals surface area contributed by atoms with Gasteiger partial charge in [-0.3, -0.25) is 9.69 Å². The van der Waals surface area contributed by atoms with Gasteiger partial charge in [0, 0.05) is 60.9 Å². The number of nitrogens with zero attached hydrogens (tertiary/aromatic N) is 5. The van der Waals surface area contributed by atoms with Crippen molar-refractivity contribution >= 4 is 23.2 Å². The molecule has 0 bridgehead atoms. The lowest BCUT2D eigenvalue weighted by atomic mass is 10.0. The first kappa shape index (κ1) is 26.2. The van der Waals surface area contributed by atoms with Gasteiger partial charge < -0.3 is 25.0 Å². The Morgan fingerprint density at radius 1 is 0.975 bits per heavy atom. The van der Waals surface area contributed by atoms with Gasteiger partial charge >= 0.3 is 0 Å². The van der Waals surface area contributed by atoms with Crippen molar-refractivity contribution in [2.45, 2.75) is 31.1 Å². The highest BCUT2D eigenvalue weighted by Gasteiger charge is 2.40. The molecule has 2 atom stereocenters. The molecule has 6 rings (SSSR count). The Morgan fingerprint density at radius 3 is 2.35 bits per heavy atom. The molecule has 3 saturated heterocycles. The number of anilines is 3. The Morgan fingerprint density at radius 2 is 1.68 bits per heavy atom. The number of hydrogen-bond donors (Lipinski definition) is 2. The molecule has 0 saturated carbocycles. The van der Waals surface area contributed by atoms with Gasteiger partial charge in [0.05, 0.1) is 37.2 Å². The predicted octanol–water partition coefficient (Wildman–Crippen LogP) is 3.21. The Bertz CT molecular complexity index is 1340. The SMILES string of the molecule is N#CCNC(=O)c1ccc(-c2ccnc(Nc3ccc(N4CCC(N5CC6OCCOC6C5)CC4)cc3)n2)cc1. The normalized spacial score (nSPS) is 21.4. The summed E-state index contributed by atoms with van der Waals surface area (Å²) in [5.74, 6) is 0.223. The average molecular weight is 540 g/mol. The van der Waals surface area contributed by atoms with Gasteiger partial charge in [0.2, 0.25) is 5.95 Å². The summed E-state index contributed by atoms with van der Waals surface area (Å²) in [6, 6.07) is 19.9. The smallest absolute Gasteiger partial charge is 0.252 e. The molecule has 2 aromatic carbocycles. The Balaban J connectivity index is 1.03. The number of rotatable bonds is 7. The van der Waals surface area contributed by atoms with Crippen LogP contribution in [-0.2, 0) is 9.47 Å². The van der Waals surface area contributed by atoms with E-state index in [1.165, 1.54) is 5.69 Å². The first-order valence-corrected chi connectivity index (χ1v) is 13.8. The Kier molecular flexibility index (Phi) is 7.86. The van der Waals surface area contributed by atoms with E-state index in [0.717, 1.165) is 69.2 Å². The van der Waals surface area contributed by atoms with Gasteiger partial charge in [-0.1, -0.05) is 12.1 Å². The monoisotopic (exact) mass is 539 g/mol. The van der Waals surface area contributed by atoms with Crippen LogP contribution in [0.25, 0.3) is 11.3 Å². The lowest BCUT2D eigenvalue weighted by Crippen LogP contribution is -2.44. The fourth-order valence-corrected chi connectivity index (χ4v) is 5.76. The van der Waals surface area contributed by atoms with E-state index in [-0.39, 0.29) is 24.7 Å². The summed E-state index contributed by atoms with van der Waals surface area (Å²) in [6.07, 6.45) is 4.48. The van der Waals surface area contributed by atoms with Crippen molar-refractivity contribution in [2.75, 3.05) is 56.2 Å². The quantitative estimate of drug-likeness (QED) is 0.437. The predicted molar refractivity (Wildman–Crippen MR) is 151 cm³/mol. The first-order valence-electron chi connectivity index (χ1n) is 13.8. The summed E-state index contributed by atoms with van der Waals surface area (Å²) in [7, 11) is 0. The number of nitriles is 1. The molecule has 3 fully saturated rings. The third kappa shape index (κ3) is 5.92. The maximum absolute atomic E-state index is 12.0. The van der Waals surface area contributed by atoms with Gasteiger partial charge in [0.25, 0.3) is 5.91 Å². The van der Waals surface area contributed by atoms with E-state index in [2.05, 4.69) is 54.7 Å². The molecule has 0 spiro atoms. The Labute approximate surface area is 233 Å². The molecule has 3 aromatic rings. The second-order valence-corrected chi connectivity index (χ2v) is 10.3. The zero-order valence-electron chi connectivity index (χ0n) is 22.3. The highest BCUT2D eigenvalue weighted by atomic mass is 16.6. The number of aromatic nitrogens is 2. The van der Waals surface area contributed by atoms with E-state index in [9.17, 15) is 4.79 Å². The first-order chi connectivity index (χ1) is 19.7. The molecule has 0 aliphatic carbocycles. The molecule has 1 amide bonds. The van der Waals surface area contributed by atoms with Crippen molar-refractivity contribution in [1.82, 2.24) is 20.2 Å². The lowest BCUT2D eigenvalue weighted by molar-refractivity contribution is -0.116. The van der Waals surface area contributed by atoms with Crippen LogP contribution in [0.2, 0.25) is 0 Å². The summed E-state index contributed by atoms with van der Waals surface area (Å²) in [5.41, 5.74) is 4.25. The van der Waals surface area contributed by atoms with E-state index in [4.69, 9.17) is 14.7 Å². The van der Waals surface area contributed by atoms with E-state index >= 15 is 0 Å². The van der Waals surface area contributed by atoms with Gasteiger partial charge in [-0.15, -0.1) is 0 Å². The van der Waals surface area contributed by atoms with Gasteiger partial charge in [0.15, 0.2) is 0 Å². The van der Waals surface area contributed by atoms with Crippen molar-refractivity contribution in [3.05, 3.63) is 66.4 Å². The summed E-state index contributed by atoms with van der Waals surface area (Å²) < 4.78 is 11.8. The third-order valence-electron chi connectivity index (χ3n) is 7.89. The fourth-order valence-electron chi connectivity index (χ4n) is 5.76. The highest BCUT2D eigenvalue weighted by molar-refractivity contribution is 5.94. The van der Waals surface area contributed by atoms with Crippen LogP contribution in [0.3, 0.4) is 0 Å². The number of ether oxygens (including phenoxy) is 2. The lowest BCUT2D eigenvalue weighted by Gasteiger charge is -2.37. The third-order valence-corrected chi connectivity index (χ3v) is 7.89. The van der Waals surface area contributed by atoms with E-state index in [1.54, 1.807) is 18.3 Å². The van der Waals surface area contributed by atoms with Crippen LogP contribution in [0.5, 0.6) is 0 Å². The van der Waals surface area contributed by atoms with Gasteiger partial charge in [-0.05, 0) is 55.3 Å². The molecule has 3 aliphatic rings. The summed E-state index contributed by atoms with van der Waals surface area (Å²) >= 11 is 0. The zero-order chi connectivity index (χ0) is 27.3.